The average molecular weight is 389 g/mol. The van der Waals surface area contributed by atoms with Crippen LogP contribution in [-0.2, 0) is 12.8 Å². The third-order valence-corrected chi connectivity index (χ3v) is 6.67. The Kier molecular flexibility index (Phi) is 3.65. The second-order valence-corrected chi connectivity index (χ2v) is 9.54. The standard InChI is InChI=1S/C19H21BrN2S/c1-19(2,3)13-6-9-16-17(10-13)23-18-21-15(11-22(16)18)12-4-7-14(20)8-5-12/h4-5,7-8,11,13H,6,9-10H2,1-3H3/t13-/m1/s1. The van der Waals surface area contributed by atoms with Crippen LogP contribution in [0.2, 0.25) is 0 Å². The molecule has 0 spiro atoms. The van der Waals surface area contributed by atoms with Gasteiger partial charge in [0, 0.05) is 26.8 Å². The Morgan fingerprint density at radius 1 is 1.22 bits per heavy atom. The zero-order valence-corrected chi connectivity index (χ0v) is 16.2. The van der Waals surface area contributed by atoms with Crippen LogP contribution in [0.3, 0.4) is 0 Å². The Morgan fingerprint density at radius 3 is 2.65 bits per heavy atom. The van der Waals surface area contributed by atoms with Crippen molar-refractivity contribution in [1.82, 2.24) is 9.38 Å². The molecule has 2 heterocycles. The van der Waals surface area contributed by atoms with Gasteiger partial charge in [0.05, 0.1) is 5.69 Å². The van der Waals surface area contributed by atoms with Crippen molar-refractivity contribution in [3.63, 3.8) is 0 Å². The molecule has 1 aromatic carbocycles. The van der Waals surface area contributed by atoms with Gasteiger partial charge in [-0.2, -0.15) is 0 Å². The van der Waals surface area contributed by atoms with Crippen LogP contribution in [0, 0.1) is 11.3 Å². The molecular formula is C19H21BrN2S. The van der Waals surface area contributed by atoms with E-state index in [0.29, 0.717) is 5.41 Å². The first-order chi connectivity index (χ1) is 10.9. The SMILES string of the molecule is CC(C)(C)[C@@H]1CCc2c(sc3nc(-c4ccc(Br)cc4)cn23)C1. The second-order valence-electron chi connectivity index (χ2n) is 7.56. The molecule has 0 saturated carbocycles. The van der Waals surface area contributed by atoms with Gasteiger partial charge in [0.2, 0.25) is 0 Å². The summed E-state index contributed by atoms with van der Waals surface area (Å²) in [5.74, 6) is 0.782. The molecule has 1 aliphatic rings. The van der Waals surface area contributed by atoms with Gasteiger partial charge < -0.3 is 0 Å². The highest BCUT2D eigenvalue weighted by atomic mass is 79.9. The van der Waals surface area contributed by atoms with Crippen LogP contribution in [-0.4, -0.2) is 9.38 Å². The number of rotatable bonds is 1. The van der Waals surface area contributed by atoms with Gasteiger partial charge >= 0.3 is 0 Å². The molecule has 4 rings (SSSR count). The molecule has 0 aliphatic heterocycles. The summed E-state index contributed by atoms with van der Waals surface area (Å²) in [7, 11) is 0. The predicted octanol–water partition coefficient (Wildman–Crippen LogP) is 5.98. The van der Waals surface area contributed by atoms with E-state index in [9.17, 15) is 0 Å². The Labute approximate surface area is 149 Å². The maximum atomic E-state index is 4.87. The van der Waals surface area contributed by atoms with Crippen LogP contribution in [0.25, 0.3) is 16.2 Å². The fourth-order valence-corrected chi connectivity index (χ4v) is 4.98. The number of benzene rings is 1. The van der Waals surface area contributed by atoms with Crippen molar-refractivity contribution in [3.05, 3.63) is 45.5 Å². The highest BCUT2D eigenvalue weighted by molar-refractivity contribution is 9.10. The van der Waals surface area contributed by atoms with E-state index in [-0.39, 0.29) is 0 Å². The minimum absolute atomic E-state index is 0.395. The van der Waals surface area contributed by atoms with Gasteiger partial charge in [0.25, 0.3) is 0 Å². The number of hydrogen-bond donors (Lipinski definition) is 0. The topological polar surface area (TPSA) is 17.3 Å². The first kappa shape index (κ1) is 15.4. The molecule has 1 aliphatic carbocycles. The summed E-state index contributed by atoms with van der Waals surface area (Å²) in [6.07, 6.45) is 5.88. The van der Waals surface area contributed by atoms with Gasteiger partial charge in [0.1, 0.15) is 0 Å². The minimum Gasteiger partial charge on any atom is -0.294 e. The number of imidazole rings is 1. The Bertz CT molecular complexity index is 852. The number of thiazole rings is 1. The number of hydrogen-bond acceptors (Lipinski definition) is 2. The van der Waals surface area contributed by atoms with Crippen LogP contribution < -0.4 is 0 Å². The maximum Gasteiger partial charge on any atom is 0.194 e. The monoisotopic (exact) mass is 388 g/mol. The van der Waals surface area contributed by atoms with Gasteiger partial charge in [-0.05, 0) is 42.7 Å². The second kappa shape index (κ2) is 5.45. The summed E-state index contributed by atoms with van der Waals surface area (Å²) in [4.78, 5) is 7.55. The lowest BCUT2D eigenvalue weighted by Crippen LogP contribution is -2.26. The molecule has 0 bridgehead atoms. The summed E-state index contributed by atoms with van der Waals surface area (Å²) < 4.78 is 3.43. The van der Waals surface area contributed by atoms with E-state index in [1.165, 1.54) is 30.5 Å². The fourth-order valence-electron chi connectivity index (χ4n) is 3.49. The van der Waals surface area contributed by atoms with E-state index in [1.54, 1.807) is 4.88 Å². The van der Waals surface area contributed by atoms with Gasteiger partial charge in [-0.3, -0.25) is 4.40 Å². The van der Waals surface area contributed by atoms with Crippen LogP contribution in [0.15, 0.2) is 34.9 Å². The predicted molar refractivity (Wildman–Crippen MR) is 101 cm³/mol. The zero-order valence-electron chi connectivity index (χ0n) is 13.8. The molecule has 23 heavy (non-hydrogen) atoms. The highest BCUT2D eigenvalue weighted by Crippen LogP contribution is 2.40. The molecule has 2 nitrogen and oxygen atoms in total. The highest BCUT2D eigenvalue weighted by Gasteiger charge is 2.31. The number of nitrogens with zero attached hydrogens (tertiary/aromatic N) is 2. The zero-order chi connectivity index (χ0) is 16.2. The van der Waals surface area contributed by atoms with Crippen molar-refractivity contribution in [3.8, 4) is 11.3 Å². The van der Waals surface area contributed by atoms with E-state index >= 15 is 0 Å². The number of aromatic nitrogens is 2. The van der Waals surface area contributed by atoms with Crippen molar-refractivity contribution in [1.29, 1.82) is 0 Å². The molecule has 4 heteroatoms. The van der Waals surface area contributed by atoms with Gasteiger partial charge in [-0.1, -0.05) is 48.8 Å². The van der Waals surface area contributed by atoms with Crippen molar-refractivity contribution in [2.45, 2.75) is 40.0 Å². The van der Waals surface area contributed by atoms with Gasteiger partial charge in [0.15, 0.2) is 4.96 Å². The van der Waals surface area contributed by atoms with E-state index in [1.807, 2.05) is 11.3 Å². The average Bonchev–Trinajstić information content (AvgIpc) is 3.04. The lowest BCUT2D eigenvalue weighted by Gasteiger charge is -2.33. The van der Waals surface area contributed by atoms with E-state index < -0.39 is 0 Å². The normalized spacial score (nSPS) is 18.3. The molecule has 0 N–H and O–H groups in total. The minimum atomic E-state index is 0.395. The summed E-state index contributed by atoms with van der Waals surface area (Å²) in [6.45, 7) is 7.10. The molecule has 3 aromatic rings. The molecule has 1 atom stereocenters. The van der Waals surface area contributed by atoms with Crippen molar-refractivity contribution >= 4 is 32.2 Å². The summed E-state index contributed by atoms with van der Waals surface area (Å²) in [5, 5.41) is 0. The molecule has 0 radical (unpaired) electrons. The van der Waals surface area contributed by atoms with E-state index in [2.05, 4.69) is 71.6 Å². The molecule has 0 fully saturated rings. The Hall–Kier alpha value is -1.13. The lowest BCUT2D eigenvalue weighted by atomic mass is 9.73. The van der Waals surface area contributed by atoms with Crippen molar-refractivity contribution in [2.75, 3.05) is 0 Å². The van der Waals surface area contributed by atoms with Crippen LogP contribution in [0.5, 0.6) is 0 Å². The van der Waals surface area contributed by atoms with Gasteiger partial charge in [-0.25, -0.2) is 4.98 Å². The molecule has 2 aromatic heterocycles. The third kappa shape index (κ3) is 2.76. The van der Waals surface area contributed by atoms with Gasteiger partial charge in [-0.15, -0.1) is 11.3 Å². The van der Waals surface area contributed by atoms with E-state index in [0.717, 1.165) is 21.0 Å². The number of halogens is 1. The fraction of sp³-hybridized carbons (Fsp3) is 0.421. The molecule has 0 saturated heterocycles. The molecule has 0 amide bonds. The lowest BCUT2D eigenvalue weighted by molar-refractivity contribution is 0.216. The Morgan fingerprint density at radius 2 is 1.96 bits per heavy atom. The molecule has 0 unspecified atom stereocenters. The largest absolute Gasteiger partial charge is 0.294 e. The molecule has 120 valence electrons. The molecular weight excluding hydrogens is 368 g/mol. The summed E-state index contributed by atoms with van der Waals surface area (Å²) in [5.41, 5.74) is 4.14. The summed E-state index contributed by atoms with van der Waals surface area (Å²) in [6, 6.07) is 8.40. The van der Waals surface area contributed by atoms with Crippen molar-refractivity contribution < 1.29 is 0 Å². The first-order valence-corrected chi connectivity index (χ1v) is 9.78. The number of fused-ring (bicyclic) bond motifs is 3. The van der Waals surface area contributed by atoms with Crippen LogP contribution in [0.1, 0.15) is 37.8 Å². The van der Waals surface area contributed by atoms with Crippen LogP contribution >= 0.6 is 27.3 Å². The van der Waals surface area contributed by atoms with E-state index in [4.69, 9.17) is 4.98 Å². The quantitative estimate of drug-likeness (QED) is 0.501. The third-order valence-electron chi connectivity index (χ3n) is 5.03. The number of aryl methyl sites for hydroxylation is 1. The smallest absolute Gasteiger partial charge is 0.194 e. The van der Waals surface area contributed by atoms with Crippen molar-refractivity contribution in [2.24, 2.45) is 11.3 Å². The maximum absolute atomic E-state index is 4.87. The first-order valence-electron chi connectivity index (χ1n) is 8.17. The van der Waals surface area contributed by atoms with Crippen LogP contribution in [0.4, 0.5) is 0 Å². The Balaban J connectivity index is 1.71. The summed E-state index contributed by atoms with van der Waals surface area (Å²) >= 11 is 5.37.